The van der Waals surface area contributed by atoms with Crippen molar-refractivity contribution in [2.24, 2.45) is 0 Å². The lowest BCUT2D eigenvalue weighted by Crippen LogP contribution is -2.12. The molecule has 0 unspecified atom stereocenters. The molecule has 3 aromatic rings. The summed E-state index contributed by atoms with van der Waals surface area (Å²) in [5.41, 5.74) is 1.72. The average Bonchev–Trinajstić information content (AvgIpc) is 3.40. The summed E-state index contributed by atoms with van der Waals surface area (Å²) in [6, 6.07) is 9.50. The number of benzene rings is 1. The Morgan fingerprint density at radius 3 is 2.81 bits per heavy atom. The van der Waals surface area contributed by atoms with Crippen LogP contribution in [0.4, 0.5) is 11.8 Å². The van der Waals surface area contributed by atoms with Crippen LogP contribution in [0.1, 0.15) is 30.3 Å². The smallest absolute Gasteiger partial charge is 0.247 e. The summed E-state index contributed by atoms with van der Waals surface area (Å²) in [6.45, 7) is 0.824. The van der Waals surface area contributed by atoms with Gasteiger partial charge in [-0.2, -0.15) is 4.98 Å². The zero-order valence-corrected chi connectivity index (χ0v) is 15.2. The van der Waals surface area contributed by atoms with Gasteiger partial charge in [0.25, 0.3) is 0 Å². The molecule has 26 heavy (non-hydrogen) atoms. The van der Waals surface area contributed by atoms with Crippen molar-refractivity contribution in [2.45, 2.75) is 25.2 Å². The maximum atomic E-state index is 6.33. The highest BCUT2D eigenvalue weighted by molar-refractivity contribution is 6.33. The molecule has 1 aliphatic carbocycles. The second kappa shape index (κ2) is 7.39. The van der Waals surface area contributed by atoms with Crippen LogP contribution in [0.5, 0.6) is 0 Å². The topological polar surface area (TPSA) is 91.4 Å². The van der Waals surface area contributed by atoms with Crippen LogP contribution >= 0.6 is 11.6 Å². The lowest BCUT2D eigenvalue weighted by Gasteiger charge is -2.09. The fourth-order valence-corrected chi connectivity index (χ4v) is 2.91. The van der Waals surface area contributed by atoms with Gasteiger partial charge in [0, 0.05) is 36.2 Å². The Balaban J connectivity index is 1.65. The Hall–Kier alpha value is -2.51. The molecule has 3 N–H and O–H groups in total. The van der Waals surface area contributed by atoms with Gasteiger partial charge in [0.2, 0.25) is 5.95 Å². The van der Waals surface area contributed by atoms with E-state index in [9.17, 15) is 0 Å². The van der Waals surface area contributed by atoms with E-state index in [1.807, 2.05) is 37.4 Å². The van der Waals surface area contributed by atoms with Crippen LogP contribution in [0.3, 0.4) is 0 Å². The summed E-state index contributed by atoms with van der Waals surface area (Å²) in [5, 5.41) is 14.2. The molecule has 0 radical (unpaired) electrons. The number of halogens is 1. The third-order valence-corrected chi connectivity index (χ3v) is 4.56. The first-order valence-corrected chi connectivity index (χ1v) is 9.07. The fourth-order valence-electron chi connectivity index (χ4n) is 2.69. The Labute approximate surface area is 156 Å². The molecule has 0 bridgehead atoms. The summed E-state index contributed by atoms with van der Waals surface area (Å²) in [7, 11) is 1.92. The molecule has 8 heteroatoms. The molecule has 2 heterocycles. The number of nitrogens with one attached hydrogen (secondary N) is 3. The van der Waals surface area contributed by atoms with Crippen LogP contribution in [0, 0.1) is 0 Å². The minimum absolute atomic E-state index is 0.522. The van der Waals surface area contributed by atoms with Crippen molar-refractivity contribution in [3.05, 3.63) is 46.9 Å². The fraction of sp³-hybridized carbons (Fsp3) is 0.333. The third kappa shape index (κ3) is 3.84. The van der Waals surface area contributed by atoms with Crippen LogP contribution < -0.4 is 10.6 Å². The molecule has 4 rings (SSSR count). The van der Waals surface area contributed by atoms with Gasteiger partial charge in [-0.05, 0) is 32.0 Å². The Morgan fingerprint density at radius 1 is 1.19 bits per heavy atom. The average molecular weight is 370 g/mol. The zero-order valence-electron chi connectivity index (χ0n) is 14.5. The first-order chi connectivity index (χ1) is 12.7. The van der Waals surface area contributed by atoms with E-state index in [4.69, 9.17) is 11.6 Å². The number of aromatic amines is 1. The number of nitrogens with zero attached hydrogens (tertiary/aromatic N) is 4. The highest BCUT2D eigenvalue weighted by Crippen LogP contribution is 2.38. The van der Waals surface area contributed by atoms with Gasteiger partial charge in [-0.15, -0.1) is 5.10 Å². The number of likely N-dealkylation sites (N-methyl/N-ethyl adjacent to an activating group) is 1. The summed E-state index contributed by atoms with van der Waals surface area (Å²) in [6.07, 6.45) is 3.13. The Bertz CT molecular complexity index is 904. The molecule has 1 fully saturated rings. The lowest BCUT2D eigenvalue weighted by atomic mass is 10.2. The number of H-pyrrole nitrogens is 1. The normalized spacial score (nSPS) is 13.8. The van der Waals surface area contributed by atoms with E-state index < -0.39 is 0 Å². The van der Waals surface area contributed by atoms with Gasteiger partial charge in [0.1, 0.15) is 11.6 Å². The van der Waals surface area contributed by atoms with E-state index in [0.717, 1.165) is 30.0 Å². The van der Waals surface area contributed by atoms with Crippen molar-refractivity contribution >= 4 is 23.4 Å². The van der Waals surface area contributed by atoms with Crippen molar-refractivity contribution in [1.82, 2.24) is 30.5 Å². The minimum Gasteiger partial charge on any atom is -0.319 e. The van der Waals surface area contributed by atoms with Gasteiger partial charge in [-0.25, -0.2) is 9.97 Å². The van der Waals surface area contributed by atoms with Gasteiger partial charge in [0.15, 0.2) is 5.82 Å². The lowest BCUT2D eigenvalue weighted by molar-refractivity contribution is 0.775. The minimum atomic E-state index is 0.522. The van der Waals surface area contributed by atoms with Crippen LogP contribution in [-0.2, 0) is 6.42 Å². The van der Waals surface area contributed by atoms with Gasteiger partial charge >= 0.3 is 0 Å². The van der Waals surface area contributed by atoms with Crippen molar-refractivity contribution in [2.75, 3.05) is 18.9 Å². The molecule has 2 aromatic heterocycles. The quantitative estimate of drug-likeness (QED) is 0.592. The zero-order chi connectivity index (χ0) is 17.9. The van der Waals surface area contributed by atoms with Crippen molar-refractivity contribution in [3.8, 4) is 11.4 Å². The van der Waals surface area contributed by atoms with Gasteiger partial charge in [0.05, 0.1) is 5.02 Å². The van der Waals surface area contributed by atoms with Crippen molar-refractivity contribution < 1.29 is 0 Å². The molecule has 1 saturated carbocycles. The van der Waals surface area contributed by atoms with Crippen LogP contribution in [0.25, 0.3) is 11.4 Å². The Morgan fingerprint density at radius 2 is 2.04 bits per heavy atom. The van der Waals surface area contributed by atoms with Crippen LogP contribution in [0.2, 0.25) is 5.02 Å². The van der Waals surface area contributed by atoms with Crippen LogP contribution in [0.15, 0.2) is 30.3 Å². The predicted molar refractivity (Wildman–Crippen MR) is 102 cm³/mol. The van der Waals surface area contributed by atoms with Crippen molar-refractivity contribution in [1.29, 1.82) is 0 Å². The number of anilines is 2. The first kappa shape index (κ1) is 16.9. The summed E-state index contributed by atoms with van der Waals surface area (Å²) in [5.74, 6) is 3.22. The molecular weight excluding hydrogens is 350 g/mol. The van der Waals surface area contributed by atoms with E-state index in [-0.39, 0.29) is 0 Å². The van der Waals surface area contributed by atoms with Gasteiger partial charge in [-0.3, -0.25) is 5.10 Å². The van der Waals surface area contributed by atoms with Crippen molar-refractivity contribution in [3.63, 3.8) is 0 Å². The Kier molecular flexibility index (Phi) is 4.81. The number of hydrogen-bond donors (Lipinski definition) is 3. The first-order valence-electron chi connectivity index (χ1n) is 8.69. The standard InChI is InChI=1S/C18H20ClN7/c1-20-9-8-12-10-15(23-18-24-16(25-26-18)11-6-7-11)22-17(21-12)13-4-2-3-5-14(13)19/h2-5,10-11,20H,6-9H2,1H3,(H2,21,22,23,24,25,26). The highest BCUT2D eigenvalue weighted by Gasteiger charge is 2.27. The SMILES string of the molecule is CNCCc1cc(Nc2n[nH]c(C3CC3)n2)nc(-c2ccccc2Cl)n1. The molecule has 1 aromatic carbocycles. The van der Waals surface area contributed by atoms with E-state index >= 15 is 0 Å². The largest absolute Gasteiger partial charge is 0.319 e. The molecule has 7 nitrogen and oxygen atoms in total. The highest BCUT2D eigenvalue weighted by atomic mass is 35.5. The monoisotopic (exact) mass is 369 g/mol. The molecule has 0 aliphatic heterocycles. The number of rotatable bonds is 7. The van der Waals surface area contributed by atoms with Gasteiger partial charge < -0.3 is 10.6 Å². The summed E-state index contributed by atoms with van der Waals surface area (Å²) in [4.78, 5) is 13.8. The van der Waals surface area contributed by atoms with Crippen LogP contribution in [-0.4, -0.2) is 38.7 Å². The maximum absolute atomic E-state index is 6.33. The molecule has 0 spiro atoms. The van der Waals surface area contributed by atoms with E-state index in [2.05, 4.69) is 35.8 Å². The molecule has 0 atom stereocenters. The van der Waals surface area contributed by atoms with Gasteiger partial charge in [-0.1, -0.05) is 23.7 Å². The molecule has 1 aliphatic rings. The number of aromatic nitrogens is 5. The molecule has 0 saturated heterocycles. The second-order valence-corrected chi connectivity index (χ2v) is 6.75. The predicted octanol–water partition coefficient (Wildman–Crippen LogP) is 3.30. The molecular formula is C18H20ClN7. The maximum Gasteiger partial charge on any atom is 0.247 e. The summed E-state index contributed by atoms with van der Waals surface area (Å²) < 4.78 is 0. The molecule has 0 amide bonds. The summed E-state index contributed by atoms with van der Waals surface area (Å²) >= 11 is 6.33. The van der Waals surface area contributed by atoms with E-state index in [1.165, 1.54) is 12.8 Å². The van der Waals surface area contributed by atoms with E-state index in [1.54, 1.807) is 0 Å². The van der Waals surface area contributed by atoms with E-state index in [0.29, 0.717) is 28.5 Å². The third-order valence-electron chi connectivity index (χ3n) is 4.23. The second-order valence-electron chi connectivity index (χ2n) is 6.35. The number of hydrogen-bond acceptors (Lipinski definition) is 6. The molecule has 134 valence electrons.